The highest BCUT2D eigenvalue weighted by atomic mass is 79.9. The van der Waals surface area contributed by atoms with Crippen molar-refractivity contribution >= 4 is 45.1 Å². The molecule has 1 aromatic heterocycles. The van der Waals surface area contributed by atoms with E-state index in [9.17, 15) is 4.79 Å². The number of nitrogens with zero attached hydrogens (tertiary/aromatic N) is 4. The first-order valence-electron chi connectivity index (χ1n) is 6.24. The van der Waals surface area contributed by atoms with E-state index < -0.39 is 0 Å². The van der Waals surface area contributed by atoms with Crippen molar-refractivity contribution in [1.82, 2.24) is 25.5 Å². The maximum Gasteiger partial charge on any atom is 0.269 e. The van der Waals surface area contributed by atoms with Gasteiger partial charge in [-0.25, -0.2) is 0 Å². The molecule has 21 heavy (non-hydrogen) atoms. The molecule has 2 N–H and O–H groups in total. The summed E-state index contributed by atoms with van der Waals surface area (Å²) in [6, 6.07) is 6.95. The molecule has 0 bridgehead atoms. The molecule has 0 atom stereocenters. The number of carbonyl (C=O) groups excluding carboxylic acids is 1. The van der Waals surface area contributed by atoms with Crippen molar-refractivity contribution in [2.45, 2.75) is 19.9 Å². The summed E-state index contributed by atoms with van der Waals surface area (Å²) in [7, 11) is 0. The van der Waals surface area contributed by atoms with Gasteiger partial charge in [-0.1, -0.05) is 28.0 Å². The fourth-order valence-corrected chi connectivity index (χ4v) is 1.95. The number of aryl methyl sites for hydroxylation is 1. The number of benzene rings is 1. The Morgan fingerprint density at radius 3 is 2.76 bits per heavy atom. The largest absolute Gasteiger partial charge is 0.299 e. The predicted octanol–water partition coefficient (Wildman–Crippen LogP) is 1.97. The van der Waals surface area contributed by atoms with Crippen molar-refractivity contribution in [2.75, 3.05) is 5.32 Å². The molecule has 110 valence electrons. The zero-order valence-corrected chi connectivity index (χ0v) is 13.6. The average molecular weight is 369 g/mol. The van der Waals surface area contributed by atoms with Gasteiger partial charge >= 0.3 is 0 Å². The second kappa shape index (κ2) is 7.23. The first-order valence-corrected chi connectivity index (χ1v) is 7.44. The Bertz CT molecular complexity index is 641. The Labute approximate surface area is 135 Å². The summed E-state index contributed by atoms with van der Waals surface area (Å²) in [5, 5.41) is 17.1. The van der Waals surface area contributed by atoms with Gasteiger partial charge in [0.05, 0.1) is 6.54 Å². The fourth-order valence-electron chi connectivity index (χ4n) is 1.50. The standard InChI is InChI=1S/C12H13BrN6OS/c1-2-7-19-17-11(16-18-19)15-12(21)14-10(20)8-3-5-9(13)6-4-8/h3-6H,2,7H2,1H3,(H2,14,15,17,20,21). The number of aromatic nitrogens is 4. The van der Waals surface area contributed by atoms with Crippen molar-refractivity contribution in [3.8, 4) is 0 Å². The Kier molecular flexibility index (Phi) is 5.34. The summed E-state index contributed by atoms with van der Waals surface area (Å²) in [5.74, 6) is -0.0505. The molecule has 0 aliphatic carbocycles. The number of rotatable bonds is 4. The minimum atomic E-state index is -0.305. The van der Waals surface area contributed by atoms with E-state index in [1.165, 1.54) is 4.80 Å². The van der Waals surface area contributed by atoms with E-state index in [1.54, 1.807) is 24.3 Å². The second-order valence-electron chi connectivity index (χ2n) is 4.12. The van der Waals surface area contributed by atoms with Crippen LogP contribution in [0.4, 0.5) is 5.95 Å². The normalized spacial score (nSPS) is 10.2. The molecule has 0 radical (unpaired) electrons. The lowest BCUT2D eigenvalue weighted by atomic mass is 10.2. The number of amides is 1. The van der Waals surface area contributed by atoms with Gasteiger partial charge in [0, 0.05) is 10.0 Å². The highest BCUT2D eigenvalue weighted by molar-refractivity contribution is 9.10. The molecule has 1 aromatic carbocycles. The summed E-state index contributed by atoms with van der Waals surface area (Å²) in [4.78, 5) is 13.4. The van der Waals surface area contributed by atoms with Crippen LogP contribution in [0.25, 0.3) is 0 Å². The number of tetrazole rings is 1. The number of anilines is 1. The van der Waals surface area contributed by atoms with Crippen LogP contribution in [0, 0.1) is 0 Å². The predicted molar refractivity (Wildman–Crippen MR) is 85.9 cm³/mol. The molecule has 0 spiro atoms. The van der Waals surface area contributed by atoms with Crippen LogP contribution in [0.2, 0.25) is 0 Å². The summed E-state index contributed by atoms with van der Waals surface area (Å²) >= 11 is 8.35. The van der Waals surface area contributed by atoms with Gasteiger partial charge in [0.2, 0.25) is 0 Å². The Morgan fingerprint density at radius 1 is 1.38 bits per heavy atom. The van der Waals surface area contributed by atoms with E-state index in [4.69, 9.17) is 12.2 Å². The lowest BCUT2D eigenvalue weighted by molar-refractivity contribution is 0.0977. The molecular formula is C12H13BrN6OS. The van der Waals surface area contributed by atoms with Gasteiger partial charge in [-0.05, 0) is 48.1 Å². The number of halogens is 1. The molecule has 0 aliphatic heterocycles. The van der Waals surface area contributed by atoms with Gasteiger partial charge in [0.1, 0.15) is 0 Å². The molecule has 0 fully saturated rings. The third-order valence-electron chi connectivity index (χ3n) is 2.44. The molecule has 0 aliphatic rings. The SMILES string of the molecule is CCCn1nnc(NC(=S)NC(=O)c2ccc(Br)cc2)n1. The molecule has 1 amide bonds. The molecule has 0 unspecified atom stereocenters. The van der Waals surface area contributed by atoms with E-state index in [2.05, 4.69) is 42.0 Å². The van der Waals surface area contributed by atoms with Crippen LogP contribution in [0.1, 0.15) is 23.7 Å². The number of thiocarbonyl (C=S) groups is 1. The van der Waals surface area contributed by atoms with Crippen LogP contribution < -0.4 is 10.6 Å². The molecule has 2 rings (SSSR count). The number of hydrogen-bond donors (Lipinski definition) is 2. The Hall–Kier alpha value is -1.87. The summed E-state index contributed by atoms with van der Waals surface area (Å²) in [6.07, 6.45) is 0.903. The monoisotopic (exact) mass is 368 g/mol. The van der Waals surface area contributed by atoms with Crippen LogP contribution in [-0.4, -0.2) is 31.2 Å². The zero-order chi connectivity index (χ0) is 15.2. The van der Waals surface area contributed by atoms with E-state index in [-0.39, 0.29) is 17.0 Å². The van der Waals surface area contributed by atoms with E-state index in [1.807, 2.05) is 6.92 Å². The summed E-state index contributed by atoms with van der Waals surface area (Å²) < 4.78 is 0.900. The average Bonchev–Trinajstić information content (AvgIpc) is 2.87. The van der Waals surface area contributed by atoms with Crippen LogP contribution in [-0.2, 0) is 6.54 Å². The van der Waals surface area contributed by atoms with Gasteiger partial charge in [-0.2, -0.15) is 4.80 Å². The van der Waals surface area contributed by atoms with Gasteiger partial charge in [0.25, 0.3) is 11.9 Å². The molecule has 0 saturated carbocycles. The van der Waals surface area contributed by atoms with Crippen molar-refractivity contribution in [1.29, 1.82) is 0 Å². The van der Waals surface area contributed by atoms with Crippen molar-refractivity contribution < 1.29 is 4.79 Å². The molecule has 9 heteroatoms. The number of nitrogens with one attached hydrogen (secondary N) is 2. The first kappa shape index (κ1) is 15.5. The molecule has 2 aromatic rings. The zero-order valence-electron chi connectivity index (χ0n) is 11.2. The van der Waals surface area contributed by atoms with Crippen LogP contribution in [0.3, 0.4) is 0 Å². The van der Waals surface area contributed by atoms with Crippen LogP contribution in [0.15, 0.2) is 28.7 Å². The number of carbonyl (C=O) groups is 1. The smallest absolute Gasteiger partial charge is 0.269 e. The third kappa shape index (κ3) is 4.57. The molecule has 0 saturated heterocycles. The van der Waals surface area contributed by atoms with Crippen molar-refractivity contribution in [3.05, 3.63) is 34.3 Å². The second-order valence-corrected chi connectivity index (χ2v) is 5.45. The van der Waals surface area contributed by atoms with Gasteiger partial charge < -0.3 is 0 Å². The first-order chi connectivity index (χ1) is 10.1. The lowest BCUT2D eigenvalue weighted by Crippen LogP contribution is -2.34. The maximum absolute atomic E-state index is 11.9. The van der Waals surface area contributed by atoms with Crippen molar-refractivity contribution in [3.63, 3.8) is 0 Å². The lowest BCUT2D eigenvalue weighted by Gasteiger charge is -2.06. The Balaban J connectivity index is 1.91. The minimum Gasteiger partial charge on any atom is -0.299 e. The van der Waals surface area contributed by atoms with E-state index in [0.29, 0.717) is 12.1 Å². The minimum absolute atomic E-state index is 0.124. The summed E-state index contributed by atoms with van der Waals surface area (Å²) in [5.41, 5.74) is 0.505. The Morgan fingerprint density at radius 2 is 2.10 bits per heavy atom. The van der Waals surface area contributed by atoms with E-state index in [0.717, 1.165) is 10.9 Å². The summed E-state index contributed by atoms with van der Waals surface area (Å²) in [6.45, 7) is 2.69. The van der Waals surface area contributed by atoms with Gasteiger partial charge in [-0.15, -0.1) is 5.10 Å². The van der Waals surface area contributed by atoms with E-state index >= 15 is 0 Å². The highest BCUT2D eigenvalue weighted by Gasteiger charge is 2.09. The quantitative estimate of drug-likeness (QED) is 0.802. The number of hydrogen-bond acceptors (Lipinski definition) is 5. The molecule has 1 heterocycles. The maximum atomic E-state index is 11.9. The van der Waals surface area contributed by atoms with Crippen LogP contribution >= 0.6 is 28.1 Å². The topological polar surface area (TPSA) is 84.7 Å². The molecular weight excluding hydrogens is 356 g/mol. The fraction of sp³-hybridized carbons (Fsp3) is 0.250. The van der Waals surface area contributed by atoms with Crippen LogP contribution in [0.5, 0.6) is 0 Å². The molecule has 7 nitrogen and oxygen atoms in total. The van der Waals surface area contributed by atoms with Crippen molar-refractivity contribution in [2.24, 2.45) is 0 Å². The third-order valence-corrected chi connectivity index (χ3v) is 3.17. The van der Waals surface area contributed by atoms with Gasteiger partial charge in [0.15, 0.2) is 5.11 Å². The highest BCUT2D eigenvalue weighted by Crippen LogP contribution is 2.10. The van der Waals surface area contributed by atoms with Gasteiger partial charge in [-0.3, -0.25) is 15.4 Å².